The van der Waals surface area contributed by atoms with E-state index in [-0.39, 0.29) is 16.3 Å². The molecule has 0 saturated carbocycles. The topological polar surface area (TPSA) is 84.9 Å². The highest BCUT2D eigenvalue weighted by Gasteiger charge is 2.18. The Balaban J connectivity index is 2.34. The van der Waals surface area contributed by atoms with Crippen LogP contribution in [0, 0.1) is 0 Å². The lowest BCUT2D eigenvalue weighted by atomic mass is 10.1. The van der Waals surface area contributed by atoms with Gasteiger partial charge in [-0.05, 0) is 30.3 Å². The molecule has 140 valence electrons. The van der Waals surface area contributed by atoms with Crippen LogP contribution in [0.3, 0.4) is 0 Å². The van der Waals surface area contributed by atoms with Gasteiger partial charge in [-0.25, -0.2) is 8.42 Å². The first-order chi connectivity index (χ1) is 12.2. The van der Waals surface area contributed by atoms with E-state index in [1.165, 1.54) is 39.5 Å². The van der Waals surface area contributed by atoms with Crippen LogP contribution in [0.5, 0.6) is 11.5 Å². The number of ether oxygens (including phenoxy) is 2. The van der Waals surface area contributed by atoms with Crippen molar-refractivity contribution in [3.05, 3.63) is 47.0 Å². The van der Waals surface area contributed by atoms with Crippen molar-refractivity contribution in [3.63, 3.8) is 0 Å². The fraction of sp³-hybridized carbons (Fsp3) is 0.235. The number of sulfonamides is 1. The predicted molar refractivity (Wildman–Crippen MR) is 102 cm³/mol. The number of nitrogens with zero attached hydrogens (tertiary/aromatic N) is 1. The Morgan fingerprint density at radius 1 is 1.12 bits per heavy atom. The molecule has 0 bridgehead atoms. The number of carbonyl (C=O) groups is 1. The number of benzene rings is 2. The molecule has 0 fully saturated rings. The minimum absolute atomic E-state index is 0.212. The van der Waals surface area contributed by atoms with Gasteiger partial charge in [-0.1, -0.05) is 11.6 Å². The van der Waals surface area contributed by atoms with E-state index < -0.39 is 15.9 Å². The number of rotatable bonds is 6. The first-order valence-corrected chi connectivity index (χ1v) is 9.67. The minimum Gasteiger partial charge on any atom is -0.497 e. The van der Waals surface area contributed by atoms with Crippen LogP contribution in [-0.2, 0) is 10.0 Å². The molecule has 2 rings (SSSR count). The third kappa shape index (κ3) is 4.39. The Kier molecular flexibility index (Phi) is 5.99. The third-order valence-corrected chi connectivity index (χ3v) is 5.21. The summed E-state index contributed by atoms with van der Waals surface area (Å²) in [5, 5.41) is 2.94. The van der Waals surface area contributed by atoms with E-state index in [4.69, 9.17) is 21.1 Å². The number of nitrogens with one attached hydrogen (secondary N) is 1. The van der Waals surface area contributed by atoms with Crippen LogP contribution in [0.15, 0.2) is 36.4 Å². The molecule has 0 aliphatic carbocycles. The molecule has 0 unspecified atom stereocenters. The van der Waals surface area contributed by atoms with Crippen LogP contribution in [0.25, 0.3) is 0 Å². The fourth-order valence-corrected chi connectivity index (χ4v) is 2.97. The summed E-state index contributed by atoms with van der Waals surface area (Å²) in [6.07, 6.45) is 1.05. The predicted octanol–water partition coefficient (Wildman–Crippen LogP) is 3.01. The summed E-state index contributed by atoms with van der Waals surface area (Å²) in [6.45, 7) is 0. The van der Waals surface area contributed by atoms with Crippen LogP contribution in [-0.4, -0.2) is 41.8 Å². The average molecular weight is 399 g/mol. The molecule has 1 amide bonds. The van der Waals surface area contributed by atoms with Gasteiger partial charge < -0.3 is 14.8 Å². The molecule has 9 heteroatoms. The van der Waals surface area contributed by atoms with E-state index in [0.29, 0.717) is 17.2 Å². The van der Waals surface area contributed by atoms with Crippen LogP contribution >= 0.6 is 11.6 Å². The monoisotopic (exact) mass is 398 g/mol. The molecule has 0 aliphatic rings. The largest absolute Gasteiger partial charge is 0.497 e. The lowest BCUT2D eigenvalue weighted by Crippen LogP contribution is -2.25. The van der Waals surface area contributed by atoms with E-state index >= 15 is 0 Å². The SMILES string of the molecule is COc1ccc(NC(=O)c2ccc(Cl)c(N(C)S(C)(=O)=O)c2)c(OC)c1. The van der Waals surface area contributed by atoms with Crippen LogP contribution in [0.4, 0.5) is 11.4 Å². The van der Waals surface area contributed by atoms with E-state index in [0.717, 1.165) is 10.6 Å². The van der Waals surface area contributed by atoms with Gasteiger partial charge in [-0.15, -0.1) is 0 Å². The highest BCUT2D eigenvalue weighted by atomic mass is 35.5. The van der Waals surface area contributed by atoms with Gasteiger partial charge >= 0.3 is 0 Å². The number of amides is 1. The molecule has 0 aliphatic heterocycles. The van der Waals surface area contributed by atoms with Gasteiger partial charge in [0.15, 0.2) is 0 Å². The maximum absolute atomic E-state index is 12.6. The summed E-state index contributed by atoms with van der Waals surface area (Å²) >= 11 is 6.07. The quantitative estimate of drug-likeness (QED) is 0.808. The van der Waals surface area contributed by atoms with Gasteiger partial charge in [0.1, 0.15) is 11.5 Å². The highest BCUT2D eigenvalue weighted by molar-refractivity contribution is 7.92. The van der Waals surface area contributed by atoms with Crippen molar-refractivity contribution in [2.24, 2.45) is 0 Å². The summed E-state index contributed by atoms with van der Waals surface area (Å²) in [4.78, 5) is 12.6. The molecule has 0 saturated heterocycles. The maximum Gasteiger partial charge on any atom is 0.255 e. The highest BCUT2D eigenvalue weighted by Crippen LogP contribution is 2.31. The van der Waals surface area contributed by atoms with Gasteiger partial charge in [0.2, 0.25) is 10.0 Å². The van der Waals surface area contributed by atoms with Gasteiger partial charge in [0, 0.05) is 18.7 Å². The Morgan fingerprint density at radius 2 is 1.81 bits per heavy atom. The second-order valence-electron chi connectivity index (χ2n) is 5.42. The molecule has 0 atom stereocenters. The molecular weight excluding hydrogens is 380 g/mol. The molecular formula is C17H19ClN2O5S. The fourth-order valence-electron chi connectivity index (χ4n) is 2.17. The van der Waals surface area contributed by atoms with Gasteiger partial charge in [-0.2, -0.15) is 0 Å². The van der Waals surface area contributed by atoms with Crippen molar-refractivity contribution in [3.8, 4) is 11.5 Å². The maximum atomic E-state index is 12.6. The van der Waals surface area contributed by atoms with E-state index in [1.807, 2.05) is 0 Å². The molecule has 2 aromatic carbocycles. The zero-order valence-electron chi connectivity index (χ0n) is 14.7. The first-order valence-electron chi connectivity index (χ1n) is 7.44. The molecule has 0 heterocycles. The van der Waals surface area contributed by atoms with Crippen molar-refractivity contribution in [1.29, 1.82) is 0 Å². The van der Waals surface area contributed by atoms with Gasteiger partial charge in [-0.3, -0.25) is 9.10 Å². The zero-order chi connectivity index (χ0) is 19.5. The Hall–Kier alpha value is -2.45. The van der Waals surface area contributed by atoms with Crippen molar-refractivity contribution in [2.45, 2.75) is 0 Å². The molecule has 26 heavy (non-hydrogen) atoms. The number of anilines is 2. The standard InChI is InChI=1S/C17H19ClN2O5S/c1-20(26(4,22)23)15-9-11(5-7-13(15)18)17(21)19-14-8-6-12(24-2)10-16(14)25-3/h5-10H,1-4H3,(H,19,21). The first kappa shape index (κ1) is 19.9. The van der Waals surface area contributed by atoms with Crippen molar-refractivity contribution < 1.29 is 22.7 Å². The van der Waals surface area contributed by atoms with Crippen LogP contribution in [0.2, 0.25) is 5.02 Å². The van der Waals surface area contributed by atoms with E-state index in [2.05, 4.69) is 5.32 Å². The number of methoxy groups -OCH3 is 2. The van der Waals surface area contributed by atoms with E-state index in [9.17, 15) is 13.2 Å². The Morgan fingerprint density at radius 3 is 2.38 bits per heavy atom. The van der Waals surface area contributed by atoms with E-state index in [1.54, 1.807) is 18.2 Å². The molecule has 2 aromatic rings. The summed E-state index contributed by atoms with van der Waals surface area (Å²) in [5.41, 5.74) is 0.910. The molecule has 0 aromatic heterocycles. The number of hydrogen-bond donors (Lipinski definition) is 1. The summed E-state index contributed by atoms with van der Waals surface area (Å²) in [7, 11) is 0.857. The summed E-state index contributed by atoms with van der Waals surface area (Å²) < 4.78 is 34.9. The number of carbonyl (C=O) groups excluding carboxylic acids is 1. The van der Waals surface area contributed by atoms with Gasteiger partial charge in [0.25, 0.3) is 5.91 Å². The molecule has 0 spiro atoms. The lowest BCUT2D eigenvalue weighted by Gasteiger charge is -2.19. The van der Waals surface area contributed by atoms with Crippen molar-refractivity contribution in [2.75, 3.05) is 37.1 Å². The summed E-state index contributed by atoms with van der Waals surface area (Å²) in [6, 6.07) is 9.36. The number of halogens is 1. The lowest BCUT2D eigenvalue weighted by molar-refractivity contribution is 0.102. The third-order valence-electron chi connectivity index (χ3n) is 3.70. The van der Waals surface area contributed by atoms with Gasteiger partial charge in [0.05, 0.1) is 36.9 Å². The smallest absolute Gasteiger partial charge is 0.255 e. The zero-order valence-corrected chi connectivity index (χ0v) is 16.3. The van der Waals surface area contributed by atoms with Crippen molar-refractivity contribution >= 4 is 38.9 Å². The molecule has 0 radical (unpaired) electrons. The Bertz CT molecular complexity index is 931. The average Bonchev–Trinajstić information content (AvgIpc) is 2.60. The van der Waals surface area contributed by atoms with Crippen LogP contribution < -0.4 is 19.1 Å². The molecule has 7 nitrogen and oxygen atoms in total. The molecule has 1 N–H and O–H groups in total. The minimum atomic E-state index is -3.51. The summed E-state index contributed by atoms with van der Waals surface area (Å²) in [5.74, 6) is 0.580. The van der Waals surface area contributed by atoms with Crippen molar-refractivity contribution in [1.82, 2.24) is 0 Å². The number of hydrogen-bond acceptors (Lipinski definition) is 5. The van der Waals surface area contributed by atoms with Crippen LogP contribution in [0.1, 0.15) is 10.4 Å². The second-order valence-corrected chi connectivity index (χ2v) is 7.84. The normalized spacial score (nSPS) is 11.0. The second kappa shape index (κ2) is 7.84. The Labute approximate surface area is 157 Å².